The lowest BCUT2D eigenvalue weighted by Gasteiger charge is -2.11. The van der Waals surface area contributed by atoms with E-state index in [-0.39, 0.29) is 5.92 Å². The van der Waals surface area contributed by atoms with Crippen LogP contribution in [0.2, 0.25) is 0 Å². The number of aromatic nitrogens is 1. The lowest BCUT2D eigenvalue weighted by atomic mass is 10.0. The summed E-state index contributed by atoms with van der Waals surface area (Å²) < 4.78 is 4.63. The number of hydrogen-bond donors (Lipinski definition) is 1. The molecule has 0 saturated heterocycles. The molecule has 1 heterocycles. The van der Waals surface area contributed by atoms with Gasteiger partial charge in [0.2, 0.25) is 0 Å². The molecule has 70 valence electrons. The quantitative estimate of drug-likeness (QED) is 0.665. The summed E-state index contributed by atoms with van der Waals surface area (Å²) in [4.78, 5) is 0. The van der Waals surface area contributed by atoms with Crippen LogP contribution in [0, 0.1) is 17.8 Å². The fraction of sp³-hybridized carbons (Fsp3) is 0.500. The molecule has 0 bridgehead atoms. The predicted molar refractivity (Wildman–Crippen MR) is 48.7 cm³/mol. The zero-order chi connectivity index (χ0) is 9.90. The van der Waals surface area contributed by atoms with E-state index in [2.05, 4.69) is 21.5 Å². The van der Waals surface area contributed by atoms with Gasteiger partial charge in [-0.15, -0.1) is 0 Å². The van der Waals surface area contributed by atoms with Crippen LogP contribution in [0.3, 0.4) is 0 Å². The zero-order valence-corrected chi connectivity index (χ0v) is 8.03. The minimum atomic E-state index is -1.21. The summed E-state index contributed by atoms with van der Waals surface area (Å²) in [6, 6.07) is 1.61. The van der Waals surface area contributed by atoms with Crippen molar-refractivity contribution >= 4 is 0 Å². The molecule has 1 unspecified atom stereocenters. The van der Waals surface area contributed by atoms with Gasteiger partial charge in [-0.1, -0.05) is 30.8 Å². The number of hydrogen-bond acceptors (Lipinski definition) is 3. The van der Waals surface area contributed by atoms with E-state index in [9.17, 15) is 5.11 Å². The molecule has 3 nitrogen and oxygen atoms in total. The molecular weight excluding hydrogens is 166 g/mol. The van der Waals surface area contributed by atoms with Crippen molar-refractivity contribution in [1.82, 2.24) is 5.16 Å². The maximum Gasteiger partial charge on any atom is 0.168 e. The van der Waals surface area contributed by atoms with Gasteiger partial charge in [0.1, 0.15) is 12.0 Å². The molecule has 1 aromatic heterocycles. The van der Waals surface area contributed by atoms with E-state index in [1.54, 1.807) is 13.0 Å². The Morgan fingerprint density at radius 1 is 1.62 bits per heavy atom. The molecular formula is C10H13NO2. The summed E-state index contributed by atoms with van der Waals surface area (Å²) in [5.74, 6) is 5.87. The maximum atomic E-state index is 9.83. The van der Waals surface area contributed by atoms with Gasteiger partial charge in [-0.25, -0.2) is 0 Å². The van der Waals surface area contributed by atoms with Gasteiger partial charge in [-0.3, -0.25) is 0 Å². The first kappa shape index (κ1) is 9.82. The van der Waals surface area contributed by atoms with Gasteiger partial charge in [0.15, 0.2) is 5.60 Å². The fourth-order valence-electron chi connectivity index (χ4n) is 0.813. The first-order valence-electron chi connectivity index (χ1n) is 4.18. The highest BCUT2D eigenvalue weighted by molar-refractivity contribution is 5.23. The predicted octanol–water partition coefficient (Wildman–Crippen LogP) is 1.54. The summed E-state index contributed by atoms with van der Waals surface area (Å²) in [7, 11) is 0. The molecule has 0 aromatic carbocycles. The van der Waals surface area contributed by atoms with Crippen LogP contribution in [-0.4, -0.2) is 10.3 Å². The molecule has 1 rings (SSSR count). The third-order valence-electron chi connectivity index (χ3n) is 1.54. The van der Waals surface area contributed by atoms with Crippen LogP contribution in [0.4, 0.5) is 0 Å². The molecule has 0 spiro atoms. The second kappa shape index (κ2) is 3.63. The molecule has 1 atom stereocenters. The summed E-state index contributed by atoms with van der Waals surface area (Å²) in [5.41, 5.74) is -0.766. The van der Waals surface area contributed by atoms with Crippen molar-refractivity contribution in [2.75, 3.05) is 0 Å². The topological polar surface area (TPSA) is 46.3 Å². The zero-order valence-electron chi connectivity index (χ0n) is 8.03. The van der Waals surface area contributed by atoms with E-state index in [1.165, 1.54) is 6.26 Å². The van der Waals surface area contributed by atoms with Gasteiger partial charge < -0.3 is 9.63 Å². The van der Waals surface area contributed by atoms with Gasteiger partial charge in [0, 0.05) is 12.0 Å². The summed E-state index contributed by atoms with van der Waals surface area (Å²) >= 11 is 0. The Kier molecular flexibility index (Phi) is 2.74. The summed E-state index contributed by atoms with van der Waals surface area (Å²) in [6.07, 6.45) is 1.42. The van der Waals surface area contributed by atoms with Crippen LogP contribution in [0.15, 0.2) is 16.9 Å². The molecule has 0 fully saturated rings. The third kappa shape index (κ3) is 2.60. The number of nitrogens with zero attached hydrogens (tertiary/aromatic N) is 1. The van der Waals surface area contributed by atoms with Crippen molar-refractivity contribution in [3.8, 4) is 11.8 Å². The van der Waals surface area contributed by atoms with Crippen LogP contribution in [0.1, 0.15) is 26.5 Å². The van der Waals surface area contributed by atoms with E-state index in [4.69, 9.17) is 0 Å². The van der Waals surface area contributed by atoms with E-state index >= 15 is 0 Å². The van der Waals surface area contributed by atoms with Crippen LogP contribution in [0.5, 0.6) is 0 Å². The standard InChI is InChI=1S/C10H13NO2/c1-8(2)4-6-10(3,12)9-5-7-13-11-9/h5,7-8,12H,1-3H3. The van der Waals surface area contributed by atoms with Gasteiger partial charge in [0.05, 0.1) is 0 Å². The molecule has 0 aliphatic carbocycles. The molecule has 0 aliphatic heterocycles. The average Bonchev–Trinajstić information content (AvgIpc) is 2.53. The fourth-order valence-corrected chi connectivity index (χ4v) is 0.813. The largest absolute Gasteiger partial charge is 0.372 e. The molecule has 0 saturated carbocycles. The smallest absolute Gasteiger partial charge is 0.168 e. The van der Waals surface area contributed by atoms with E-state index in [0.29, 0.717) is 5.69 Å². The van der Waals surface area contributed by atoms with E-state index in [1.807, 2.05) is 13.8 Å². The van der Waals surface area contributed by atoms with E-state index in [0.717, 1.165) is 0 Å². The minimum Gasteiger partial charge on any atom is -0.372 e. The highest BCUT2D eigenvalue weighted by atomic mass is 16.5. The van der Waals surface area contributed by atoms with Crippen molar-refractivity contribution in [3.63, 3.8) is 0 Å². The van der Waals surface area contributed by atoms with Crippen molar-refractivity contribution < 1.29 is 9.63 Å². The highest BCUT2D eigenvalue weighted by Gasteiger charge is 2.23. The molecule has 1 N–H and O–H groups in total. The number of rotatable bonds is 1. The second-order valence-electron chi connectivity index (χ2n) is 3.38. The number of aliphatic hydroxyl groups is 1. The van der Waals surface area contributed by atoms with Gasteiger partial charge in [-0.2, -0.15) is 0 Å². The molecule has 0 aliphatic rings. The minimum absolute atomic E-state index is 0.235. The first-order chi connectivity index (χ1) is 6.02. The second-order valence-corrected chi connectivity index (χ2v) is 3.38. The van der Waals surface area contributed by atoms with Crippen LogP contribution < -0.4 is 0 Å². The van der Waals surface area contributed by atoms with Gasteiger partial charge in [-0.05, 0) is 6.92 Å². The molecule has 0 amide bonds. The Morgan fingerprint density at radius 2 is 2.31 bits per heavy atom. The van der Waals surface area contributed by atoms with Crippen LogP contribution >= 0.6 is 0 Å². The SMILES string of the molecule is CC(C)C#CC(C)(O)c1ccon1. The monoisotopic (exact) mass is 179 g/mol. The molecule has 13 heavy (non-hydrogen) atoms. The molecule has 1 aromatic rings. The lowest BCUT2D eigenvalue weighted by molar-refractivity contribution is 0.112. The Morgan fingerprint density at radius 3 is 2.77 bits per heavy atom. The van der Waals surface area contributed by atoms with E-state index < -0.39 is 5.60 Å². The maximum absolute atomic E-state index is 9.83. The van der Waals surface area contributed by atoms with Crippen molar-refractivity contribution in [2.24, 2.45) is 5.92 Å². The third-order valence-corrected chi connectivity index (χ3v) is 1.54. The van der Waals surface area contributed by atoms with Crippen molar-refractivity contribution in [2.45, 2.75) is 26.4 Å². The van der Waals surface area contributed by atoms with Crippen molar-refractivity contribution in [3.05, 3.63) is 18.0 Å². The normalized spacial score (nSPS) is 14.8. The van der Waals surface area contributed by atoms with Crippen LogP contribution in [0.25, 0.3) is 0 Å². The first-order valence-corrected chi connectivity index (χ1v) is 4.18. The summed E-state index contributed by atoms with van der Waals surface area (Å²) in [5, 5.41) is 13.5. The highest BCUT2D eigenvalue weighted by Crippen LogP contribution is 2.16. The Labute approximate surface area is 77.7 Å². The summed E-state index contributed by atoms with van der Waals surface area (Å²) in [6.45, 7) is 5.53. The average molecular weight is 179 g/mol. The van der Waals surface area contributed by atoms with Gasteiger partial charge >= 0.3 is 0 Å². The van der Waals surface area contributed by atoms with Gasteiger partial charge in [0.25, 0.3) is 0 Å². The molecule has 0 radical (unpaired) electrons. The van der Waals surface area contributed by atoms with Crippen LogP contribution in [-0.2, 0) is 5.60 Å². The molecule has 3 heteroatoms. The lowest BCUT2D eigenvalue weighted by Crippen LogP contribution is -2.19. The Balaban J connectivity index is 2.86. The van der Waals surface area contributed by atoms with Crippen molar-refractivity contribution in [1.29, 1.82) is 0 Å². The Hall–Kier alpha value is -1.27. The Bertz CT molecular complexity index is 314.